The van der Waals surface area contributed by atoms with Crippen LogP contribution in [0, 0.1) is 0 Å². The first-order valence-corrected chi connectivity index (χ1v) is 7.18. The summed E-state index contributed by atoms with van der Waals surface area (Å²) in [6, 6.07) is 0.720. The minimum atomic E-state index is 0.720. The number of unbranched alkanes of at least 4 members (excludes halogenated alkanes) is 3. The second kappa shape index (κ2) is 11.4. The van der Waals surface area contributed by atoms with Gasteiger partial charge in [0.25, 0.3) is 0 Å². The Bertz CT molecular complexity index is 133. The molecule has 2 nitrogen and oxygen atoms in total. The van der Waals surface area contributed by atoms with Gasteiger partial charge in [-0.15, -0.1) is 0 Å². The van der Waals surface area contributed by atoms with Gasteiger partial charge in [-0.3, -0.25) is 0 Å². The predicted molar refractivity (Wildman–Crippen MR) is 74.0 cm³/mol. The highest BCUT2D eigenvalue weighted by Gasteiger charge is 2.07. The van der Waals surface area contributed by atoms with Crippen molar-refractivity contribution in [2.75, 3.05) is 26.7 Å². The van der Waals surface area contributed by atoms with Gasteiger partial charge < -0.3 is 10.2 Å². The van der Waals surface area contributed by atoms with Gasteiger partial charge in [0, 0.05) is 6.04 Å². The van der Waals surface area contributed by atoms with E-state index in [1.54, 1.807) is 0 Å². The Morgan fingerprint density at radius 1 is 0.938 bits per heavy atom. The topological polar surface area (TPSA) is 15.3 Å². The molecule has 2 heteroatoms. The summed E-state index contributed by atoms with van der Waals surface area (Å²) in [4.78, 5) is 2.51. The molecule has 1 unspecified atom stereocenters. The zero-order valence-corrected chi connectivity index (χ0v) is 11.9. The van der Waals surface area contributed by atoms with E-state index in [-0.39, 0.29) is 0 Å². The summed E-state index contributed by atoms with van der Waals surface area (Å²) in [5, 5.41) is 3.46. The summed E-state index contributed by atoms with van der Waals surface area (Å²) in [6.07, 6.45) is 8.16. The van der Waals surface area contributed by atoms with Crippen molar-refractivity contribution in [1.82, 2.24) is 10.2 Å². The number of rotatable bonds is 11. The van der Waals surface area contributed by atoms with Crippen molar-refractivity contribution in [3.63, 3.8) is 0 Å². The van der Waals surface area contributed by atoms with Crippen molar-refractivity contribution in [2.45, 2.75) is 65.3 Å². The van der Waals surface area contributed by atoms with Crippen LogP contribution in [0.2, 0.25) is 0 Å². The molecule has 0 aromatic rings. The summed E-state index contributed by atoms with van der Waals surface area (Å²) in [7, 11) is 2.10. The Kier molecular flexibility index (Phi) is 11.3. The predicted octanol–water partition coefficient (Wildman–Crippen LogP) is 3.28. The molecule has 0 aromatic carbocycles. The Hall–Kier alpha value is -0.0800. The van der Waals surface area contributed by atoms with Gasteiger partial charge in [0.1, 0.15) is 0 Å². The summed E-state index contributed by atoms with van der Waals surface area (Å²) < 4.78 is 0. The van der Waals surface area contributed by atoms with Gasteiger partial charge in [-0.25, -0.2) is 0 Å². The maximum Gasteiger partial charge on any atom is 0.00762 e. The molecule has 0 aliphatic carbocycles. The monoisotopic (exact) mass is 228 g/mol. The SMILES string of the molecule is CCCCCCC(CCN(CC)CC)NC. The van der Waals surface area contributed by atoms with Crippen LogP contribution in [0.25, 0.3) is 0 Å². The number of hydrogen-bond acceptors (Lipinski definition) is 2. The number of nitrogens with zero attached hydrogens (tertiary/aromatic N) is 1. The van der Waals surface area contributed by atoms with Gasteiger partial charge >= 0.3 is 0 Å². The van der Waals surface area contributed by atoms with Gasteiger partial charge in [0.05, 0.1) is 0 Å². The van der Waals surface area contributed by atoms with Crippen LogP contribution in [0.15, 0.2) is 0 Å². The first-order chi connectivity index (χ1) is 7.78. The Balaban J connectivity index is 3.57. The van der Waals surface area contributed by atoms with E-state index in [1.165, 1.54) is 58.2 Å². The van der Waals surface area contributed by atoms with Crippen LogP contribution >= 0.6 is 0 Å². The molecule has 16 heavy (non-hydrogen) atoms. The Labute approximate surface area is 103 Å². The maximum atomic E-state index is 3.46. The van der Waals surface area contributed by atoms with E-state index in [9.17, 15) is 0 Å². The summed E-state index contributed by atoms with van der Waals surface area (Å²) >= 11 is 0. The molecule has 0 fully saturated rings. The maximum absolute atomic E-state index is 3.46. The molecule has 0 aliphatic heterocycles. The molecule has 0 radical (unpaired) electrons. The molecule has 0 rings (SSSR count). The normalized spacial score (nSPS) is 13.3. The van der Waals surface area contributed by atoms with Crippen LogP contribution < -0.4 is 5.32 Å². The fourth-order valence-electron chi connectivity index (χ4n) is 2.13. The van der Waals surface area contributed by atoms with Crippen LogP contribution in [0.1, 0.15) is 59.3 Å². The van der Waals surface area contributed by atoms with Crippen molar-refractivity contribution in [3.05, 3.63) is 0 Å². The summed E-state index contributed by atoms with van der Waals surface area (Å²) in [6.45, 7) is 10.4. The van der Waals surface area contributed by atoms with Crippen LogP contribution in [-0.2, 0) is 0 Å². The van der Waals surface area contributed by atoms with E-state index in [2.05, 4.69) is 38.0 Å². The highest BCUT2D eigenvalue weighted by Crippen LogP contribution is 2.08. The third-order valence-electron chi connectivity index (χ3n) is 3.50. The van der Waals surface area contributed by atoms with Gasteiger partial charge in [0.15, 0.2) is 0 Å². The molecule has 0 saturated heterocycles. The molecular weight excluding hydrogens is 196 g/mol. The van der Waals surface area contributed by atoms with Crippen LogP contribution in [-0.4, -0.2) is 37.6 Å². The van der Waals surface area contributed by atoms with E-state index < -0.39 is 0 Å². The van der Waals surface area contributed by atoms with Crippen molar-refractivity contribution in [1.29, 1.82) is 0 Å². The average molecular weight is 228 g/mol. The number of hydrogen-bond donors (Lipinski definition) is 1. The molecule has 0 saturated carbocycles. The van der Waals surface area contributed by atoms with E-state index >= 15 is 0 Å². The van der Waals surface area contributed by atoms with E-state index in [4.69, 9.17) is 0 Å². The van der Waals surface area contributed by atoms with E-state index in [0.717, 1.165) is 6.04 Å². The van der Waals surface area contributed by atoms with Crippen LogP contribution in [0.3, 0.4) is 0 Å². The molecular formula is C14H32N2. The smallest absolute Gasteiger partial charge is 0.00762 e. The lowest BCUT2D eigenvalue weighted by Crippen LogP contribution is -2.32. The standard InChI is InChI=1S/C14H32N2/c1-5-8-9-10-11-14(15-4)12-13-16(6-2)7-3/h14-15H,5-13H2,1-4H3. The summed E-state index contributed by atoms with van der Waals surface area (Å²) in [5.41, 5.74) is 0. The fraction of sp³-hybridized carbons (Fsp3) is 1.00. The van der Waals surface area contributed by atoms with Crippen molar-refractivity contribution >= 4 is 0 Å². The molecule has 0 aliphatic rings. The van der Waals surface area contributed by atoms with Gasteiger partial charge in [-0.2, -0.15) is 0 Å². The molecule has 1 atom stereocenters. The van der Waals surface area contributed by atoms with Crippen LogP contribution in [0.5, 0.6) is 0 Å². The van der Waals surface area contributed by atoms with Gasteiger partial charge in [0.2, 0.25) is 0 Å². The van der Waals surface area contributed by atoms with Crippen molar-refractivity contribution in [3.8, 4) is 0 Å². The van der Waals surface area contributed by atoms with Gasteiger partial charge in [-0.1, -0.05) is 46.5 Å². The zero-order valence-electron chi connectivity index (χ0n) is 11.9. The fourth-order valence-corrected chi connectivity index (χ4v) is 2.13. The lowest BCUT2D eigenvalue weighted by molar-refractivity contribution is 0.279. The third kappa shape index (κ3) is 8.12. The zero-order chi connectivity index (χ0) is 12.2. The molecule has 1 N–H and O–H groups in total. The first kappa shape index (κ1) is 15.9. The Morgan fingerprint density at radius 3 is 2.12 bits per heavy atom. The molecule has 0 spiro atoms. The molecule has 0 aromatic heterocycles. The second-order valence-electron chi connectivity index (χ2n) is 4.65. The largest absolute Gasteiger partial charge is 0.317 e. The summed E-state index contributed by atoms with van der Waals surface area (Å²) in [5.74, 6) is 0. The molecule has 0 bridgehead atoms. The highest BCUT2D eigenvalue weighted by molar-refractivity contribution is 4.67. The quantitative estimate of drug-likeness (QED) is 0.546. The highest BCUT2D eigenvalue weighted by atomic mass is 15.1. The van der Waals surface area contributed by atoms with E-state index in [0.29, 0.717) is 0 Å². The molecule has 98 valence electrons. The first-order valence-electron chi connectivity index (χ1n) is 7.18. The molecule has 0 amide bonds. The van der Waals surface area contributed by atoms with Crippen molar-refractivity contribution in [2.24, 2.45) is 0 Å². The van der Waals surface area contributed by atoms with Crippen LogP contribution in [0.4, 0.5) is 0 Å². The van der Waals surface area contributed by atoms with Crippen molar-refractivity contribution < 1.29 is 0 Å². The minimum absolute atomic E-state index is 0.720. The lowest BCUT2D eigenvalue weighted by atomic mass is 10.0. The second-order valence-corrected chi connectivity index (χ2v) is 4.65. The van der Waals surface area contributed by atoms with Gasteiger partial charge in [-0.05, 0) is 39.5 Å². The molecule has 0 heterocycles. The third-order valence-corrected chi connectivity index (χ3v) is 3.50. The Morgan fingerprint density at radius 2 is 1.62 bits per heavy atom. The lowest BCUT2D eigenvalue weighted by Gasteiger charge is -2.22. The average Bonchev–Trinajstić information content (AvgIpc) is 2.33. The minimum Gasteiger partial charge on any atom is -0.317 e. The number of nitrogens with one attached hydrogen (secondary N) is 1. The van der Waals surface area contributed by atoms with E-state index in [1.807, 2.05) is 0 Å².